The van der Waals surface area contributed by atoms with Crippen LogP contribution >= 0.6 is 0 Å². The van der Waals surface area contributed by atoms with Gasteiger partial charge >= 0.3 is 6.03 Å². The second-order valence-corrected chi connectivity index (χ2v) is 7.02. The molecular formula is C20H29N3O3. The minimum Gasteiger partial charge on any atom is -0.494 e. The number of amides is 3. The summed E-state index contributed by atoms with van der Waals surface area (Å²) >= 11 is 0. The van der Waals surface area contributed by atoms with Crippen molar-refractivity contribution in [2.75, 3.05) is 32.8 Å². The maximum Gasteiger partial charge on any atom is 0.317 e. The molecule has 2 aliphatic rings. The highest BCUT2D eigenvalue weighted by Gasteiger charge is 2.26. The minimum atomic E-state index is 0.0142. The number of carbonyl (C=O) groups is 2. The first-order valence-corrected chi connectivity index (χ1v) is 9.75. The van der Waals surface area contributed by atoms with Crippen LogP contribution in [0.3, 0.4) is 0 Å². The fraction of sp³-hybridized carbons (Fsp3) is 0.600. The molecule has 3 rings (SSSR count). The Morgan fingerprint density at radius 2 is 1.62 bits per heavy atom. The summed E-state index contributed by atoms with van der Waals surface area (Å²) in [6, 6.07) is 7.59. The molecule has 1 saturated heterocycles. The minimum absolute atomic E-state index is 0.0142. The zero-order chi connectivity index (χ0) is 18.4. The first-order chi connectivity index (χ1) is 12.7. The average Bonchev–Trinajstić information content (AvgIpc) is 2.69. The number of urea groups is 1. The number of nitrogens with zero attached hydrogens (tertiary/aromatic N) is 2. The molecule has 0 bridgehead atoms. The van der Waals surface area contributed by atoms with Crippen LogP contribution in [0.4, 0.5) is 4.79 Å². The summed E-state index contributed by atoms with van der Waals surface area (Å²) in [7, 11) is 0. The largest absolute Gasteiger partial charge is 0.494 e. The fourth-order valence-electron chi connectivity index (χ4n) is 3.67. The van der Waals surface area contributed by atoms with Crippen LogP contribution < -0.4 is 10.1 Å². The molecule has 6 nitrogen and oxygen atoms in total. The molecule has 1 N–H and O–H groups in total. The van der Waals surface area contributed by atoms with Gasteiger partial charge in [-0.05, 0) is 44.0 Å². The highest BCUT2D eigenvalue weighted by molar-refractivity contribution is 5.94. The van der Waals surface area contributed by atoms with Gasteiger partial charge in [0.1, 0.15) is 5.75 Å². The van der Waals surface area contributed by atoms with Gasteiger partial charge in [0.05, 0.1) is 6.61 Å². The third-order valence-electron chi connectivity index (χ3n) is 5.20. The van der Waals surface area contributed by atoms with Gasteiger partial charge in [-0.2, -0.15) is 0 Å². The molecule has 3 amide bonds. The third kappa shape index (κ3) is 4.68. The summed E-state index contributed by atoms with van der Waals surface area (Å²) in [5.41, 5.74) is 0.661. The van der Waals surface area contributed by atoms with Crippen molar-refractivity contribution in [3.63, 3.8) is 0 Å². The number of benzene rings is 1. The smallest absolute Gasteiger partial charge is 0.317 e. The van der Waals surface area contributed by atoms with E-state index < -0.39 is 0 Å². The number of nitrogens with one attached hydrogen (secondary N) is 1. The first kappa shape index (κ1) is 18.5. The van der Waals surface area contributed by atoms with Crippen molar-refractivity contribution in [2.24, 2.45) is 0 Å². The van der Waals surface area contributed by atoms with Crippen molar-refractivity contribution in [1.29, 1.82) is 0 Å². The number of hydrogen-bond acceptors (Lipinski definition) is 3. The maximum absolute atomic E-state index is 12.6. The Balaban J connectivity index is 1.47. The van der Waals surface area contributed by atoms with Crippen molar-refractivity contribution in [2.45, 2.75) is 45.1 Å². The second kappa shape index (κ2) is 8.92. The molecule has 1 aromatic rings. The van der Waals surface area contributed by atoms with Gasteiger partial charge < -0.3 is 19.9 Å². The lowest BCUT2D eigenvalue weighted by atomic mass is 9.96. The summed E-state index contributed by atoms with van der Waals surface area (Å²) in [6.45, 7) is 4.86. The third-order valence-corrected chi connectivity index (χ3v) is 5.20. The molecule has 1 aliphatic carbocycles. The lowest BCUT2D eigenvalue weighted by Gasteiger charge is -2.36. The highest BCUT2D eigenvalue weighted by atomic mass is 16.5. The number of piperazine rings is 1. The normalized spacial score (nSPS) is 18.5. The Kier molecular flexibility index (Phi) is 6.36. The van der Waals surface area contributed by atoms with Crippen LogP contribution in [0.1, 0.15) is 49.4 Å². The van der Waals surface area contributed by atoms with Crippen LogP contribution in [0.15, 0.2) is 24.3 Å². The van der Waals surface area contributed by atoms with Crippen molar-refractivity contribution in [3.8, 4) is 5.75 Å². The zero-order valence-corrected chi connectivity index (χ0v) is 15.6. The molecule has 1 saturated carbocycles. The van der Waals surface area contributed by atoms with E-state index in [1.807, 2.05) is 28.9 Å². The zero-order valence-electron chi connectivity index (χ0n) is 15.6. The molecule has 0 atom stereocenters. The van der Waals surface area contributed by atoms with E-state index in [2.05, 4.69) is 5.32 Å². The SMILES string of the molecule is CCOc1ccc(C(=O)N2CCN(C(=O)NC3CCCCC3)CC2)cc1. The molecule has 142 valence electrons. The molecular weight excluding hydrogens is 330 g/mol. The van der Waals surface area contributed by atoms with E-state index in [1.54, 1.807) is 12.1 Å². The topological polar surface area (TPSA) is 61.9 Å². The van der Waals surface area contributed by atoms with E-state index in [0.29, 0.717) is 44.4 Å². The Hall–Kier alpha value is -2.24. The molecule has 1 aromatic carbocycles. The Morgan fingerprint density at radius 3 is 2.23 bits per heavy atom. The quantitative estimate of drug-likeness (QED) is 0.899. The maximum atomic E-state index is 12.6. The van der Waals surface area contributed by atoms with E-state index in [1.165, 1.54) is 19.3 Å². The van der Waals surface area contributed by atoms with Gasteiger partial charge in [-0.15, -0.1) is 0 Å². The molecule has 0 radical (unpaired) electrons. The Labute approximate surface area is 155 Å². The van der Waals surface area contributed by atoms with Crippen molar-refractivity contribution in [3.05, 3.63) is 29.8 Å². The summed E-state index contributed by atoms with van der Waals surface area (Å²) in [6.07, 6.45) is 5.85. The van der Waals surface area contributed by atoms with Gasteiger partial charge in [0.15, 0.2) is 0 Å². The van der Waals surface area contributed by atoms with Crippen LogP contribution in [0, 0.1) is 0 Å². The lowest BCUT2D eigenvalue weighted by Crippen LogP contribution is -2.54. The van der Waals surface area contributed by atoms with E-state index in [-0.39, 0.29) is 11.9 Å². The molecule has 0 unspecified atom stereocenters. The number of rotatable bonds is 4. The van der Waals surface area contributed by atoms with Gasteiger partial charge in [0.2, 0.25) is 0 Å². The summed E-state index contributed by atoms with van der Waals surface area (Å²) in [4.78, 5) is 28.7. The molecule has 2 fully saturated rings. The Bertz CT molecular complexity index is 603. The van der Waals surface area contributed by atoms with Gasteiger partial charge in [-0.3, -0.25) is 4.79 Å². The fourth-order valence-corrected chi connectivity index (χ4v) is 3.67. The summed E-state index contributed by atoms with van der Waals surface area (Å²) in [5.74, 6) is 0.786. The predicted molar refractivity (Wildman–Crippen MR) is 100 cm³/mol. The monoisotopic (exact) mass is 359 g/mol. The average molecular weight is 359 g/mol. The van der Waals surface area contributed by atoms with Crippen LogP contribution in [-0.2, 0) is 0 Å². The molecule has 6 heteroatoms. The van der Waals surface area contributed by atoms with E-state index >= 15 is 0 Å². The summed E-state index contributed by atoms with van der Waals surface area (Å²) < 4.78 is 5.41. The predicted octanol–water partition coefficient (Wildman–Crippen LogP) is 2.89. The van der Waals surface area contributed by atoms with Gasteiger partial charge in [0.25, 0.3) is 5.91 Å². The van der Waals surface area contributed by atoms with Crippen LogP contribution in [-0.4, -0.2) is 60.6 Å². The van der Waals surface area contributed by atoms with Gasteiger partial charge in [-0.1, -0.05) is 19.3 Å². The standard InChI is InChI=1S/C20H29N3O3/c1-2-26-18-10-8-16(9-11-18)19(24)22-12-14-23(15-13-22)20(25)21-17-6-4-3-5-7-17/h8-11,17H,2-7,12-15H2,1H3,(H,21,25). The first-order valence-electron chi connectivity index (χ1n) is 9.75. The van der Waals surface area contributed by atoms with E-state index in [0.717, 1.165) is 18.6 Å². The number of carbonyl (C=O) groups excluding carboxylic acids is 2. The van der Waals surface area contributed by atoms with Crippen molar-refractivity contribution < 1.29 is 14.3 Å². The van der Waals surface area contributed by atoms with Crippen molar-refractivity contribution >= 4 is 11.9 Å². The van der Waals surface area contributed by atoms with Gasteiger partial charge in [-0.25, -0.2) is 4.79 Å². The molecule has 1 aliphatic heterocycles. The van der Waals surface area contributed by atoms with Crippen molar-refractivity contribution in [1.82, 2.24) is 15.1 Å². The van der Waals surface area contributed by atoms with Crippen LogP contribution in [0.2, 0.25) is 0 Å². The summed E-state index contributed by atoms with van der Waals surface area (Å²) in [5, 5.41) is 3.15. The molecule has 1 heterocycles. The lowest BCUT2D eigenvalue weighted by molar-refractivity contribution is 0.0662. The van der Waals surface area contributed by atoms with Gasteiger partial charge in [0, 0.05) is 37.8 Å². The number of ether oxygens (including phenoxy) is 1. The second-order valence-electron chi connectivity index (χ2n) is 7.02. The molecule has 0 aromatic heterocycles. The van der Waals surface area contributed by atoms with Crippen LogP contribution in [0.5, 0.6) is 5.75 Å². The Morgan fingerprint density at radius 1 is 1.00 bits per heavy atom. The molecule has 26 heavy (non-hydrogen) atoms. The van der Waals surface area contributed by atoms with E-state index in [4.69, 9.17) is 4.74 Å². The highest BCUT2D eigenvalue weighted by Crippen LogP contribution is 2.18. The number of hydrogen-bond donors (Lipinski definition) is 1. The molecule has 0 spiro atoms. The van der Waals surface area contributed by atoms with Crippen LogP contribution in [0.25, 0.3) is 0 Å². The van der Waals surface area contributed by atoms with E-state index in [9.17, 15) is 9.59 Å².